The standard InChI is InChI=1S/C7H8O2S.C3H3NS.C3H6O/c1-9-7(8)5-6-3-2-4-10-6;1-2-5-3-4-1;1-3(2)4/h2-4H,5H2,1H3;1-3H;1-2H3. The Morgan fingerprint density at radius 2 is 2.00 bits per heavy atom. The van der Waals surface area contributed by atoms with Crippen molar-refractivity contribution < 1.29 is 14.3 Å². The molecular weight excluding hydrogens is 282 g/mol. The first-order chi connectivity index (χ1) is 9.06. The van der Waals surface area contributed by atoms with Gasteiger partial charge in [0.25, 0.3) is 0 Å². The lowest BCUT2D eigenvalue weighted by Crippen LogP contribution is -2.02. The van der Waals surface area contributed by atoms with E-state index in [-0.39, 0.29) is 11.8 Å². The van der Waals surface area contributed by atoms with Gasteiger partial charge in [0.2, 0.25) is 0 Å². The molecule has 2 rings (SSSR count). The minimum absolute atomic E-state index is 0.167. The predicted octanol–water partition coefficient (Wildman–Crippen LogP) is 3.20. The Kier molecular flexibility index (Phi) is 10.6. The van der Waals surface area contributed by atoms with E-state index in [1.807, 2.05) is 22.9 Å². The lowest BCUT2D eigenvalue weighted by atomic mass is 10.3. The first-order valence-corrected chi connectivity index (χ1v) is 7.27. The van der Waals surface area contributed by atoms with Crippen molar-refractivity contribution in [3.8, 4) is 0 Å². The third-order valence-corrected chi connectivity index (χ3v) is 2.87. The van der Waals surface area contributed by atoms with Crippen molar-refractivity contribution in [2.75, 3.05) is 7.11 Å². The van der Waals surface area contributed by atoms with Crippen LogP contribution in [0.2, 0.25) is 0 Å². The van der Waals surface area contributed by atoms with Gasteiger partial charge >= 0.3 is 5.97 Å². The largest absolute Gasteiger partial charge is 0.469 e. The molecular formula is C13H17NO3S2. The number of carbonyl (C=O) groups is 2. The summed E-state index contributed by atoms with van der Waals surface area (Å²) in [5.41, 5.74) is 1.79. The molecule has 0 fully saturated rings. The summed E-state index contributed by atoms with van der Waals surface area (Å²) < 4.78 is 4.49. The van der Waals surface area contributed by atoms with Gasteiger partial charge in [0.1, 0.15) is 5.78 Å². The maximum atomic E-state index is 10.7. The van der Waals surface area contributed by atoms with Crippen LogP contribution >= 0.6 is 22.7 Å². The van der Waals surface area contributed by atoms with Crippen LogP contribution < -0.4 is 0 Å². The van der Waals surface area contributed by atoms with Gasteiger partial charge in [-0.2, -0.15) is 0 Å². The molecule has 19 heavy (non-hydrogen) atoms. The average Bonchev–Trinajstić information content (AvgIpc) is 3.03. The van der Waals surface area contributed by atoms with Gasteiger partial charge in [0.15, 0.2) is 0 Å². The molecule has 0 aromatic carbocycles. The second-order valence-corrected chi connectivity index (χ2v) is 5.20. The summed E-state index contributed by atoms with van der Waals surface area (Å²) in [4.78, 5) is 24.9. The summed E-state index contributed by atoms with van der Waals surface area (Å²) in [7, 11) is 1.40. The third kappa shape index (κ3) is 12.7. The van der Waals surface area contributed by atoms with Crippen LogP contribution in [0.25, 0.3) is 0 Å². The summed E-state index contributed by atoms with van der Waals surface area (Å²) in [5.74, 6) is -0.0116. The van der Waals surface area contributed by atoms with E-state index >= 15 is 0 Å². The third-order valence-electron chi connectivity index (χ3n) is 1.47. The quantitative estimate of drug-likeness (QED) is 0.799. The van der Waals surface area contributed by atoms with Crippen LogP contribution in [-0.2, 0) is 20.7 Å². The Balaban J connectivity index is 0.000000300. The van der Waals surface area contributed by atoms with Crippen LogP contribution in [0, 0.1) is 0 Å². The van der Waals surface area contributed by atoms with Gasteiger partial charge in [0, 0.05) is 16.5 Å². The van der Waals surface area contributed by atoms with E-state index in [2.05, 4.69) is 9.72 Å². The number of carbonyl (C=O) groups excluding carboxylic acids is 2. The summed E-state index contributed by atoms with van der Waals surface area (Å²) in [6, 6.07) is 3.84. The van der Waals surface area contributed by atoms with Crippen LogP contribution in [0.1, 0.15) is 18.7 Å². The van der Waals surface area contributed by atoms with Gasteiger partial charge in [-0.3, -0.25) is 9.78 Å². The number of methoxy groups -OCH3 is 1. The van der Waals surface area contributed by atoms with Crippen LogP contribution in [0.3, 0.4) is 0 Å². The second-order valence-electron chi connectivity index (χ2n) is 3.42. The Labute approximate surface area is 121 Å². The van der Waals surface area contributed by atoms with Crippen molar-refractivity contribution in [1.82, 2.24) is 4.98 Å². The highest BCUT2D eigenvalue weighted by Gasteiger charge is 2.01. The number of aromatic nitrogens is 1. The van der Waals surface area contributed by atoms with Crippen molar-refractivity contribution in [2.24, 2.45) is 0 Å². The molecule has 2 aromatic heterocycles. The molecule has 0 aliphatic carbocycles. The fourth-order valence-electron chi connectivity index (χ4n) is 0.803. The zero-order valence-electron chi connectivity index (χ0n) is 11.2. The van der Waals surface area contributed by atoms with Gasteiger partial charge in [0.05, 0.1) is 19.0 Å². The van der Waals surface area contributed by atoms with E-state index in [4.69, 9.17) is 0 Å². The number of nitrogens with zero attached hydrogens (tertiary/aromatic N) is 1. The summed E-state index contributed by atoms with van der Waals surface area (Å²) in [6.07, 6.45) is 2.17. The molecule has 0 spiro atoms. The number of hydrogen-bond acceptors (Lipinski definition) is 6. The Morgan fingerprint density at radius 3 is 2.32 bits per heavy atom. The first-order valence-electron chi connectivity index (χ1n) is 5.44. The van der Waals surface area contributed by atoms with E-state index in [0.29, 0.717) is 6.42 Å². The summed E-state index contributed by atoms with van der Waals surface area (Å²) >= 11 is 3.17. The summed E-state index contributed by atoms with van der Waals surface area (Å²) in [6.45, 7) is 3.06. The maximum absolute atomic E-state index is 10.7. The number of Topliss-reactive ketones (excluding diaryl/α,β-unsaturated/α-hetero) is 1. The van der Waals surface area contributed by atoms with Crippen molar-refractivity contribution in [2.45, 2.75) is 20.3 Å². The van der Waals surface area contributed by atoms with Crippen LogP contribution in [-0.4, -0.2) is 23.8 Å². The molecule has 0 aliphatic heterocycles. The van der Waals surface area contributed by atoms with Crippen molar-refractivity contribution >= 4 is 34.4 Å². The molecule has 2 heterocycles. The van der Waals surface area contributed by atoms with Crippen LogP contribution in [0.15, 0.2) is 34.6 Å². The van der Waals surface area contributed by atoms with Crippen molar-refractivity contribution in [3.05, 3.63) is 39.5 Å². The van der Waals surface area contributed by atoms with E-state index in [1.54, 1.807) is 34.4 Å². The van der Waals surface area contributed by atoms with E-state index in [0.717, 1.165) is 4.88 Å². The molecule has 0 aliphatic rings. The molecule has 0 atom stereocenters. The van der Waals surface area contributed by atoms with Crippen molar-refractivity contribution in [1.29, 1.82) is 0 Å². The van der Waals surface area contributed by atoms with Gasteiger partial charge in [-0.05, 0) is 25.3 Å². The van der Waals surface area contributed by atoms with Gasteiger partial charge in [-0.15, -0.1) is 22.7 Å². The molecule has 0 unspecified atom stereocenters. The molecule has 0 N–H and O–H groups in total. The molecule has 2 aromatic rings. The number of hydrogen-bond donors (Lipinski definition) is 0. The lowest BCUT2D eigenvalue weighted by molar-refractivity contribution is -0.139. The monoisotopic (exact) mass is 299 g/mol. The highest BCUT2D eigenvalue weighted by atomic mass is 32.1. The number of rotatable bonds is 2. The molecule has 0 saturated carbocycles. The fraction of sp³-hybridized carbons (Fsp3) is 0.308. The highest BCUT2D eigenvalue weighted by Crippen LogP contribution is 2.08. The van der Waals surface area contributed by atoms with Gasteiger partial charge in [-0.25, -0.2) is 0 Å². The maximum Gasteiger partial charge on any atom is 0.310 e. The molecule has 0 amide bonds. The normalized spacial score (nSPS) is 8.37. The zero-order valence-corrected chi connectivity index (χ0v) is 12.8. The number of ether oxygens (including phenoxy) is 1. The highest BCUT2D eigenvalue weighted by molar-refractivity contribution is 7.10. The minimum Gasteiger partial charge on any atom is -0.469 e. The van der Waals surface area contributed by atoms with Crippen molar-refractivity contribution in [3.63, 3.8) is 0 Å². The number of esters is 1. The van der Waals surface area contributed by atoms with Gasteiger partial charge in [-0.1, -0.05) is 6.07 Å². The Hall–Kier alpha value is -1.53. The Morgan fingerprint density at radius 1 is 1.32 bits per heavy atom. The zero-order chi connectivity index (χ0) is 14.5. The van der Waals surface area contributed by atoms with E-state index in [9.17, 15) is 9.59 Å². The second kappa shape index (κ2) is 11.6. The smallest absolute Gasteiger partial charge is 0.310 e. The van der Waals surface area contributed by atoms with E-state index in [1.165, 1.54) is 21.0 Å². The lowest BCUT2D eigenvalue weighted by Gasteiger charge is -1.93. The average molecular weight is 299 g/mol. The first kappa shape index (κ1) is 17.5. The van der Waals surface area contributed by atoms with Gasteiger partial charge < -0.3 is 9.53 Å². The molecule has 0 saturated heterocycles. The molecule has 0 radical (unpaired) electrons. The fourth-order valence-corrected chi connectivity index (χ4v) is 1.84. The topological polar surface area (TPSA) is 56.3 Å². The SMILES string of the molecule is CC(C)=O.COC(=O)Cc1cccs1.c1cscn1. The molecule has 104 valence electrons. The predicted molar refractivity (Wildman–Crippen MR) is 78.5 cm³/mol. The molecule has 4 nitrogen and oxygen atoms in total. The molecule has 0 bridgehead atoms. The van der Waals surface area contributed by atoms with E-state index < -0.39 is 0 Å². The minimum atomic E-state index is -0.178. The number of thiazole rings is 1. The molecule has 6 heteroatoms. The van der Waals surface area contributed by atoms with Crippen LogP contribution in [0.5, 0.6) is 0 Å². The van der Waals surface area contributed by atoms with Crippen LogP contribution in [0.4, 0.5) is 0 Å². The summed E-state index contributed by atoms with van der Waals surface area (Å²) in [5, 5.41) is 3.87. The Bertz CT molecular complexity index is 417. The number of thiophene rings is 1. The number of ketones is 1.